The number of benzene rings is 2. The van der Waals surface area contributed by atoms with E-state index >= 15 is 0 Å². The van der Waals surface area contributed by atoms with Crippen molar-refractivity contribution < 1.29 is 14.4 Å². The van der Waals surface area contributed by atoms with Crippen LogP contribution >= 0.6 is 0 Å². The molecule has 2 unspecified atom stereocenters. The highest BCUT2D eigenvalue weighted by atomic mass is 16.6. The average molecular weight is 329 g/mol. The van der Waals surface area contributed by atoms with Crippen LogP contribution < -0.4 is 9.47 Å². The maximum atomic E-state index is 11.5. The van der Waals surface area contributed by atoms with Crippen molar-refractivity contribution in [3.8, 4) is 11.5 Å². The van der Waals surface area contributed by atoms with Gasteiger partial charge < -0.3 is 9.47 Å². The van der Waals surface area contributed by atoms with Crippen molar-refractivity contribution in [2.24, 2.45) is 0 Å². The van der Waals surface area contributed by atoms with Crippen LogP contribution in [0.3, 0.4) is 0 Å². The van der Waals surface area contributed by atoms with Gasteiger partial charge in [-0.15, -0.1) is 0 Å². The van der Waals surface area contributed by atoms with Crippen LogP contribution in [0.1, 0.15) is 37.8 Å². The Morgan fingerprint density at radius 1 is 1.00 bits per heavy atom. The highest BCUT2D eigenvalue weighted by Gasteiger charge is 2.32. The molecule has 2 rings (SSSR count). The molecule has 0 amide bonds. The Morgan fingerprint density at radius 3 is 2.21 bits per heavy atom. The van der Waals surface area contributed by atoms with E-state index in [1.807, 2.05) is 62.4 Å². The highest BCUT2D eigenvalue weighted by Crippen LogP contribution is 2.36. The van der Waals surface area contributed by atoms with Crippen LogP contribution in [0.25, 0.3) is 0 Å². The molecule has 0 radical (unpaired) electrons. The third kappa shape index (κ3) is 4.04. The number of nitro groups is 1. The summed E-state index contributed by atoms with van der Waals surface area (Å²) in [6, 6.07) is 14.2. The molecule has 0 aliphatic heterocycles. The molecule has 0 bridgehead atoms. The lowest BCUT2D eigenvalue weighted by Crippen LogP contribution is -2.25. The molecule has 5 heteroatoms. The molecular weight excluding hydrogens is 306 g/mol. The molecular formula is C19H23NO4. The number of hydrogen-bond acceptors (Lipinski definition) is 4. The lowest BCUT2D eigenvalue weighted by Gasteiger charge is -2.22. The second-order valence-corrected chi connectivity index (χ2v) is 5.48. The zero-order valence-corrected chi connectivity index (χ0v) is 14.3. The van der Waals surface area contributed by atoms with Gasteiger partial charge in [-0.2, -0.15) is 0 Å². The molecule has 0 spiro atoms. The third-order valence-electron chi connectivity index (χ3n) is 3.92. The fourth-order valence-electron chi connectivity index (χ4n) is 2.80. The predicted molar refractivity (Wildman–Crippen MR) is 93.5 cm³/mol. The zero-order chi connectivity index (χ0) is 17.5. The van der Waals surface area contributed by atoms with E-state index in [9.17, 15) is 10.1 Å². The van der Waals surface area contributed by atoms with Gasteiger partial charge in [-0.3, -0.25) is 10.1 Å². The molecule has 0 fully saturated rings. The van der Waals surface area contributed by atoms with Crippen molar-refractivity contribution in [1.29, 1.82) is 0 Å². The fraction of sp³-hybridized carbons (Fsp3) is 0.368. The number of hydrogen-bond donors (Lipinski definition) is 0. The lowest BCUT2D eigenvalue weighted by molar-refractivity contribution is -0.520. The van der Waals surface area contributed by atoms with Crippen LogP contribution in [0.5, 0.6) is 11.5 Å². The quantitative estimate of drug-likeness (QED) is 0.535. The summed E-state index contributed by atoms with van der Waals surface area (Å²) in [6.45, 7) is 6.55. The molecule has 0 aliphatic rings. The summed E-state index contributed by atoms with van der Waals surface area (Å²) in [5.41, 5.74) is 1.70. The zero-order valence-electron chi connectivity index (χ0n) is 14.3. The minimum atomic E-state index is -0.774. The molecule has 128 valence electrons. The van der Waals surface area contributed by atoms with Crippen LogP contribution in [-0.2, 0) is 0 Å². The molecule has 24 heavy (non-hydrogen) atoms. The van der Waals surface area contributed by atoms with Crippen LogP contribution in [-0.4, -0.2) is 24.2 Å². The van der Waals surface area contributed by atoms with Gasteiger partial charge in [0.2, 0.25) is 6.04 Å². The van der Waals surface area contributed by atoms with Gasteiger partial charge in [-0.25, -0.2) is 0 Å². The summed E-state index contributed by atoms with van der Waals surface area (Å²) in [6.07, 6.45) is 0. The largest absolute Gasteiger partial charge is 0.494 e. The standard InChI is InChI=1S/C19H23NO4/c1-4-23-16-12-10-15(11-13-16)19(14(3)20(21)22)17-8-6-7-9-18(17)24-5-2/h6-14,19H,4-5H2,1-3H3. The number of ether oxygens (including phenoxy) is 2. The van der Waals surface area contributed by atoms with E-state index < -0.39 is 12.0 Å². The summed E-state index contributed by atoms with van der Waals surface area (Å²) < 4.78 is 11.1. The van der Waals surface area contributed by atoms with Crippen LogP contribution in [0, 0.1) is 10.1 Å². The summed E-state index contributed by atoms with van der Waals surface area (Å²) in [5.74, 6) is 1.05. The van der Waals surface area contributed by atoms with Gasteiger partial charge in [-0.05, 0) is 37.6 Å². The summed E-state index contributed by atoms with van der Waals surface area (Å²) in [4.78, 5) is 11.2. The van der Waals surface area contributed by atoms with Crippen molar-refractivity contribution >= 4 is 0 Å². The van der Waals surface area contributed by atoms with Gasteiger partial charge in [0.15, 0.2) is 0 Å². The summed E-state index contributed by atoms with van der Waals surface area (Å²) >= 11 is 0. The Bertz CT molecular complexity index is 669. The molecule has 0 aromatic heterocycles. The predicted octanol–water partition coefficient (Wildman–Crippen LogP) is 4.28. The van der Waals surface area contributed by atoms with Crippen LogP contribution in [0.15, 0.2) is 48.5 Å². The van der Waals surface area contributed by atoms with Gasteiger partial charge in [-0.1, -0.05) is 30.3 Å². The summed E-state index contributed by atoms with van der Waals surface area (Å²) in [5, 5.41) is 11.5. The summed E-state index contributed by atoms with van der Waals surface area (Å²) in [7, 11) is 0. The van der Waals surface area contributed by atoms with Crippen molar-refractivity contribution in [1.82, 2.24) is 0 Å². The molecule has 2 aromatic carbocycles. The third-order valence-corrected chi connectivity index (χ3v) is 3.92. The van der Waals surface area contributed by atoms with E-state index in [1.54, 1.807) is 6.92 Å². The van der Waals surface area contributed by atoms with E-state index in [4.69, 9.17) is 9.47 Å². The maximum Gasteiger partial charge on any atom is 0.221 e. The molecule has 0 saturated heterocycles. The van der Waals surface area contributed by atoms with E-state index in [2.05, 4.69) is 0 Å². The van der Waals surface area contributed by atoms with Crippen LogP contribution in [0.4, 0.5) is 0 Å². The fourth-order valence-corrected chi connectivity index (χ4v) is 2.80. The molecule has 0 heterocycles. The smallest absolute Gasteiger partial charge is 0.221 e. The molecule has 5 nitrogen and oxygen atoms in total. The Labute approximate surface area is 142 Å². The highest BCUT2D eigenvalue weighted by molar-refractivity contribution is 5.44. The normalized spacial score (nSPS) is 13.1. The van der Waals surface area contributed by atoms with Crippen molar-refractivity contribution in [3.05, 3.63) is 69.8 Å². The van der Waals surface area contributed by atoms with Gasteiger partial charge >= 0.3 is 0 Å². The molecule has 0 N–H and O–H groups in total. The van der Waals surface area contributed by atoms with Gasteiger partial charge in [0, 0.05) is 17.4 Å². The maximum absolute atomic E-state index is 11.5. The first kappa shape index (κ1) is 17.8. The van der Waals surface area contributed by atoms with Gasteiger partial charge in [0.05, 0.1) is 19.1 Å². The first-order valence-corrected chi connectivity index (χ1v) is 8.16. The Kier molecular flexibility index (Phi) is 6.18. The van der Waals surface area contributed by atoms with E-state index in [-0.39, 0.29) is 4.92 Å². The molecule has 0 saturated carbocycles. The van der Waals surface area contributed by atoms with Crippen LogP contribution in [0.2, 0.25) is 0 Å². The van der Waals surface area contributed by atoms with Crippen molar-refractivity contribution in [3.63, 3.8) is 0 Å². The Morgan fingerprint density at radius 2 is 1.62 bits per heavy atom. The molecule has 0 aliphatic carbocycles. The average Bonchev–Trinajstić information content (AvgIpc) is 2.58. The van der Waals surface area contributed by atoms with Gasteiger partial charge in [0.25, 0.3) is 0 Å². The molecule has 2 atom stereocenters. The van der Waals surface area contributed by atoms with E-state index in [1.165, 1.54) is 0 Å². The minimum absolute atomic E-state index is 0.246. The van der Waals surface area contributed by atoms with Crippen molar-refractivity contribution in [2.45, 2.75) is 32.7 Å². The SMILES string of the molecule is CCOc1ccc(C(c2ccccc2OCC)C(C)[N+](=O)[O-])cc1. The number of rotatable bonds is 8. The lowest BCUT2D eigenvalue weighted by atomic mass is 9.85. The van der Waals surface area contributed by atoms with Gasteiger partial charge in [0.1, 0.15) is 11.5 Å². The first-order chi connectivity index (χ1) is 11.6. The molecule has 2 aromatic rings. The first-order valence-electron chi connectivity index (χ1n) is 8.16. The monoisotopic (exact) mass is 329 g/mol. The Hall–Kier alpha value is -2.56. The second-order valence-electron chi connectivity index (χ2n) is 5.48. The Balaban J connectivity index is 2.47. The number of nitrogens with zero attached hydrogens (tertiary/aromatic N) is 1. The number of para-hydroxylation sites is 1. The van der Waals surface area contributed by atoms with Crippen molar-refractivity contribution in [2.75, 3.05) is 13.2 Å². The topological polar surface area (TPSA) is 61.6 Å². The second kappa shape index (κ2) is 8.34. The van der Waals surface area contributed by atoms with E-state index in [0.717, 1.165) is 16.9 Å². The van der Waals surface area contributed by atoms with E-state index in [0.29, 0.717) is 19.0 Å². The minimum Gasteiger partial charge on any atom is -0.494 e.